The van der Waals surface area contributed by atoms with Crippen molar-refractivity contribution in [3.05, 3.63) is 33.1 Å². The van der Waals surface area contributed by atoms with Crippen LogP contribution in [0.25, 0.3) is 0 Å². The fourth-order valence-corrected chi connectivity index (χ4v) is 3.08. The summed E-state index contributed by atoms with van der Waals surface area (Å²) in [4.78, 5) is 17.0. The number of thiazole rings is 1. The summed E-state index contributed by atoms with van der Waals surface area (Å²) >= 11 is 4.69. The standard InChI is InChI=1S/C14H15BrN4OS/c1-7-2-3-8(15)6-10(7)18-13(20)11-12(16)19-14(21-11)17-9-4-5-9/h2-3,6,9H,4-5,16H2,1H3,(H,17,19)(H,18,20). The van der Waals surface area contributed by atoms with Crippen molar-refractivity contribution in [2.24, 2.45) is 0 Å². The molecule has 21 heavy (non-hydrogen) atoms. The van der Waals surface area contributed by atoms with Gasteiger partial charge in [-0.05, 0) is 37.5 Å². The molecule has 1 aromatic heterocycles. The Morgan fingerprint density at radius 3 is 2.95 bits per heavy atom. The number of nitrogens with zero attached hydrogens (tertiary/aromatic N) is 1. The van der Waals surface area contributed by atoms with Crippen LogP contribution in [0.5, 0.6) is 0 Å². The molecule has 0 bridgehead atoms. The van der Waals surface area contributed by atoms with Crippen LogP contribution in [0.4, 0.5) is 16.6 Å². The van der Waals surface area contributed by atoms with E-state index in [0.717, 1.165) is 28.6 Å². The van der Waals surface area contributed by atoms with E-state index in [1.165, 1.54) is 11.3 Å². The highest BCUT2D eigenvalue weighted by atomic mass is 79.9. The number of carbonyl (C=O) groups excluding carboxylic acids is 1. The second-order valence-corrected chi connectivity index (χ2v) is 6.98. The predicted octanol–water partition coefficient (Wildman–Crippen LogP) is 3.62. The monoisotopic (exact) mass is 366 g/mol. The molecule has 1 amide bonds. The van der Waals surface area contributed by atoms with Gasteiger partial charge in [0.25, 0.3) is 5.91 Å². The summed E-state index contributed by atoms with van der Waals surface area (Å²) in [5.74, 6) is 0.0448. The van der Waals surface area contributed by atoms with Crippen LogP contribution in [0.2, 0.25) is 0 Å². The third kappa shape index (κ3) is 3.36. The summed E-state index contributed by atoms with van der Waals surface area (Å²) in [6.07, 6.45) is 2.30. The largest absolute Gasteiger partial charge is 0.382 e. The van der Waals surface area contributed by atoms with Gasteiger partial charge >= 0.3 is 0 Å². The smallest absolute Gasteiger partial charge is 0.269 e. The number of amides is 1. The van der Waals surface area contributed by atoms with Gasteiger partial charge in [-0.25, -0.2) is 4.98 Å². The summed E-state index contributed by atoms with van der Waals surface area (Å²) in [7, 11) is 0. The Hall–Kier alpha value is -1.60. The molecule has 0 radical (unpaired) electrons. The lowest BCUT2D eigenvalue weighted by Gasteiger charge is -2.07. The number of rotatable bonds is 4. The summed E-state index contributed by atoms with van der Waals surface area (Å²) < 4.78 is 0.914. The highest BCUT2D eigenvalue weighted by Crippen LogP contribution is 2.31. The number of nitrogen functional groups attached to an aromatic ring is 1. The number of anilines is 3. The third-order valence-electron chi connectivity index (χ3n) is 3.21. The lowest BCUT2D eigenvalue weighted by Crippen LogP contribution is -2.13. The molecular formula is C14H15BrN4OS. The molecule has 4 N–H and O–H groups in total. The summed E-state index contributed by atoms with van der Waals surface area (Å²) in [6, 6.07) is 6.23. The molecule has 0 unspecified atom stereocenters. The van der Waals surface area contributed by atoms with Crippen molar-refractivity contribution in [2.45, 2.75) is 25.8 Å². The van der Waals surface area contributed by atoms with Crippen LogP contribution in [0.1, 0.15) is 28.1 Å². The van der Waals surface area contributed by atoms with Crippen molar-refractivity contribution >= 4 is 49.8 Å². The molecule has 1 heterocycles. The number of aromatic nitrogens is 1. The molecule has 1 saturated carbocycles. The zero-order chi connectivity index (χ0) is 15.0. The van der Waals surface area contributed by atoms with Gasteiger partial charge in [-0.3, -0.25) is 4.79 Å². The molecule has 0 aliphatic heterocycles. The average molecular weight is 367 g/mol. The van der Waals surface area contributed by atoms with Gasteiger partial charge in [0.05, 0.1) is 0 Å². The Morgan fingerprint density at radius 1 is 1.48 bits per heavy atom. The molecule has 0 spiro atoms. The van der Waals surface area contributed by atoms with Crippen LogP contribution in [0.3, 0.4) is 0 Å². The van der Waals surface area contributed by atoms with Crippen molar-refractivity contribution in [1.29, 1.82) is 0 Å². The number of aryl methyl sites for hydroxylation is 1. The second-order valence-electron chi connectivity index (χ2n) is 5.07. The summed E-state index contributed by atoms with van der Waals surface area (Å²) in [5.41, 5.74) is 7.60. The van der Waals surface area contributed by atoms with E-state index in [4.69, 9.17) is 5.73 Å². The van der Waals surface area contributed by atoms with Crippen LogP contribution in [-0.2, 0) is 0 Å². The van der Waals surface area contributed by atoms with Crippen molar-refractivity contribution in [2.75, 3.05) is 16.4 Å². The van der Waals surface area contributed by atoms with Gasteiger partial charge in [0.2, 0.25) is 0 Å². The van der Waals surface area contributed by atoms with Gasteiger partial charge < -0.3 is 16.4 Å². The summed E-state index contributed by atoms with van der Waals surface area (Å²) in [5, 5.41) is 6.85. The fraction of sp³-hybridized carbons (Fsp3) is 0.286. The minimum absolute atomic E-state index is 0.227. The van der Waals surface area contributed by atoms with Crippen molar-refractivity contribution in [3.8, 4) is 0 Å². The Labute approximate surface area is 135 Å². The van der Waals surface area contributed by atoms with E-state index in [9.17, 15) is 4.79 Å². The maximum atomic E-state index is 12.3. The van der Waals surface area contributed by atoms with E-state index in [1.807, 2.05) is 25.1 Å². The second kappa shape index (κ2) is 5.65. The molecule has 1 aliphatic rings. The first-order valence-corrected chi connectivity index (χ1v) is 8.24. The highest BCUT2D eigenvalue weighted by molar-refractivity contribution is 9.10. The van der Waals surface area contributed by atoms with E-state index in [2.05, 4.69) is 31.5 Å². The topological polar surface area (TPSA) is 80.0 Å². The maximum absolute atomic E-state index is 12.3. The van der Waals surface area contributed by atoms with E-state index < -0.39 is 0 Å². The van der Waals surface area contributed by atoms with E-state index >= 15 is 0 Å². The van der Waals surface area contributed by atoms with Gasteiger partial charge in [0.1, 0.15) is 10.7 Å². The lowest BCUT2D eigenvalue weighted by molar-refractivity contribution is 0.103. The number of halogens is 1. The van der Waals surface area contributed by atoms with Crippen LogP contribution in [0, 0.1) is 6.92 Å². The molecule has 110 valence electrons. The Balaban J connectivity index is 1.78. The number of hydrogen-bond donors (Lipinski definition) is 3. The predicted molar refractivity (Wildman–Crippen MR) is 90.0 cm³/mol. The van der Waals surface area contributed by atoms with Gasteiger partial charge in [0.15, 0.2) is 5.13 Å². The number of nitrogens with two attached hydrogens (primary N) is 1. The molecule has 1 aliphatic carbocycles. The number of carbonyl (C=O) groups is 1. The van der Waals surface area contributed by atoms with Gasteiger partial charge in [-0.15, -0.1) is 0 Å². The lowest BCUT2D eigenvalue weighted by atomic mass is 10.2. The van der Waals surface area contributed by atoms with Gasteiger partial charge in [-0.2, -0.15) is 0 Å². The van der Waals surface area contributed by atoms with Crippen LogP contribution in [-0.4, -0.2) is 16.9 Å². The fourth-order valence-electron chi connectivity index (χ4n) is 1.87. The minimum atomic E-state index is -0.227. The quantitative estimate of drug-likeness (QED) is 0.771. The highest BCUT2D eigenvalue weighted by Gasteiger charge is 2.24. The SMILES string of the molecule is Cc1ccc(Br)cc1NC(=O)c1sc(NC2CC2)nc1N. The maximum Gasteiger partial charge on any atom is 0.269 e. The van der Waals surface area contributed by atoms with Crippen molar-refractivity contribution in [3.63, 3.8) is 0 Å². The first-order chi connectivity index (χ1) is 10.0. The van der Waals surface area contributed by atoms with Crippen molar-refractivity contribution < 1.29 is 4.79 Å². The van der Waals surface area contributed by atoms with Crippen molar-refractivity contribution in [1.82, 2.24) is 4.98 Å². The molecule has 2 aromatic rings. The average Bonchev–Trinajstić information content (AvgIpc) is 3.16. The molecule has 1 aromatic carbocycles. The zero-order valence-corrected chi connectivity index (χ0v) is 13.8. The number of hydrogen-bond acceptors (Lipinski definition) is 5. The Morgan fingerprint density at radius 2 is 2.24 bits per heavy atom. The number of benzene rings is 1. The van der Waals surface area contributed by atoms with E-state index in [1.54, 1.807) is 0 Å². The molecule has 7 heteroatoms. The molecule has 5 nitrogen and oxygen atoms in total. The Kier molecular flexibility index (Phi) is 3.86. The van der Waals surface area contributed by atoms with Gasteiger partial charge in [-0.1, -0.05) is 33.3 Å². The van der Waals surface area contributed by atoms with E-state index in [-0.39, 0.29) is 11.7 Å². The zero-order valence-electron chi connectivity index (χ0n) is 11.4. The normalized spacial score (nSPS) is 14.0. The van der Waals surface area contributed by atoms with Crippen LogP contribution < -0.4 is 16.4 Å². The third-order valence-corrected chi connectivity index (χ3v) is 4.71. The van der Waals surface area contributed by atoms with Crippen LogP contribution in [0.15, 0.2) is 22.7 Å². The minimum Gasteiger partial charge on any atom is -0.382 e. The number of nitrogens with one attached hydrogen (secondary N) is 2. The van der Waals surface area contributed by atoms with Crippen LogP contribution >= 0.6 is 27.3 Å². The van der Waals surface area contributed by atoms with Gasteiger partial charge in [0, 0.05) is 16.2 Å². The first kappa shape index (κ1) is 14.3. The van der Waals surface area contributed by atoms with E-state index in [0.29, 0.717) is 16.1 Å². The molecule has 0 atom stereocenters. The molecule has 0 saturated heterocycles. The first-order valence-electron chi connectivity index (χ1n) is 6.63. The molecule has 1 fully saturated rings. The summed E-state index contributed by atoms with van der Waals surface area (Å²) in [6.45, 7) is 1.94. The molecule has 3 rings (SSSR count). The molecular weight excluding hydrogens is 352 g/mol. The Bertz CT molecular complexity index is 696.